The van der Waals surface area contributed by atoms with Crippen molar-refractivity contribution in [2.24, 2.45) is 7.05 Å². The molecule has 0 aliphatic carbocycles. The van der Waals surface area contributed by atoms with Crippen LogP contribution in [-0.4, -0.2) is 56.8 Å². The molecule has 2 fully saturated rings. The molecule has 0 amide bonds. The zero-order valence-electron chi connectivity index (χ0n) is 20.2. The van der Waals surface area contributed by atoms with Gasteiger partial charge in [-0.15, -0.1) is 0 Å². The largest absolute Gasteiger partial charge is 0.381 e. The van der Waals surface area contributed by atoms with Gasteiger partial charge in [-0.2, -0.15) is 0 Å². The fourth-order valence-electron chi connectivity index (χ4n) is 5.59. The summed E-state index contributed by atoms with van der Waals surface area (Å²) in [5.74, 6) is 1.67. The number of nitrogens with one attached hydrogen (secondary N) is 1. The predicted molar refractivity (Wildman–Crippen MR) is 131 cm³/mol. The van der Waals surface area contributed by atoms with E-state index < -0.39 is 0 Å². The molecule has 0 saturated carbocycles. The molecule has 5 rings (SSSR count). The van der Waals surface area contributed by atoms with Gasteiger partial charge in [0.2, 0.25) is 0 Å². The molecule has 176 valence electrons. The zero-order chi connectivity index (χ0) is 23.1. The molecule has 7 heteroatoms. The summed E-state index contributed by atoms with van der Waals surface area (Å²) in [5.41, 5.74) is 6.02. The third-order valence-electron chi connectivity index (χ3n) is 7.42. The van der Waals surface area contributed by atoms with Crippen molar-refractivity contribution in [1.29, 1.82) is 0 Å². The molecule has 0 aromatic carbocycles. The summed E-state index contributed by atoms with van der Waals surface area (Å²) >= 11 is 0. The number of aromatic amines is 1. The van der Waals surface area contributed by atoms with E-state index in [1.165, 1.54) is 5.56 Å². The van der Waals surface area contributed by atoms with E-state index in [0.717, 1.165) is 85.7 Å². The number of aryl methyl sites for hydroxylation is 2. The smallest absolute Gasteiger partial charge is 0.253 e. The van der Waals surface area contributed by atoms with Gasteiger partial charge in [0.1, 0.15) is 5.82 Å². The second-order valence-electron chi connectivity index (χ2n) is 10.0. The first-order valence-corrected chi connectivity index (χ1v) is 12.3. The van der Waals surface area contributed by atoms with Gasteiger partial charge in [0.05, 0.1) is 22.9 Å². The Hall–Kier alpha value is -2.51. The van der Waals surface area contributed by atoms with Crippen molar-refractivity contribution in [2.75, 3.05) is 26.3 Å². The Morgan fingerprint density at radius 2 is 1.88 bits per heavy atom. The highest BCUT2D eigenvalue weighted by atomic mass is 16.5. The third-order valence-corrected chi connectivity index (χ3v) is 7.42. The molecule has 5 heterocycles. The number of fused-ring (bicyclic) bond motifs is 1. The van der Waals surface area contributed by atoms with Gasteiger partial charge in [-0.25, -0.2) is 9.97 Å². The molecular weight excluding hydrogens is 414 g/mol. The highest BCUT2D eigenvalue weighted by molar-refractivity contribution is 5.88. The molecule has 3 aromatic heterocycles. The molecule has 33 heavy (non-hydrogen) atoms. The van der Waals surface area contributed by atoms with E-state index in [0.29, 0.717) is 17.9 Å². The van der Waals surface area contributed by atoms with E-state index in [2.05, 4.69) is 23.7 Å². The maximum Gasteiger partial charge on any atom is 0.253 e. The van der Waals surface area contributed by atoms with Gasteiger partial charge in [0, 0.05) is 55.1 Å². The molecular formula is C26H35N5O2. The van der Waals surface area contributed by atoms with E-state index in [-0.39, 0.29) is 5.56 Å². The number of nitrogens with zero attached hydrogens (tertiary/aromatic N) is 4. The number of likely N-dealkylation sites (tertiary alicyclic amines) is 1. The minimum Gasteiger partial charge on any atom is -0.381 e. The van der Waals surface area contributed by atoms with Crippen LogP contribution in [-0.2, 0) is 11.8 Å². The first-order chi connectivity index (χ1) is 15.9. The van der Waals surface area contributed by atoms with Crippen molar-refractivity contribution in [3.05, 3.63) is 45.8 Å². The van der Waals surface area contributed by atoms with Gasteiger partial charge in [-0.3, -0.25) is 4.79 Å². The fraction of sp³-hybridized carbons (Fsp3) is 0.577. The normalized spacial score (nSPS) is 19.1. The van der Waals surface area contributed by atoms with Gasteiger partial charge in [-0.05, 0) is 57.7 Å². The highest BCUT2D eigenvalue weighted by Gasteiger charge is 2.29. The molecule has 0 unspecified atom stereocenters. The van der Waals surface area contributed by atoms with Crippen LogP contribution in [0.3, 0.4) is 0 Å². The first kappa shape index (κ1) is 22.3. The third kappa shape index (κ3) is 4.24. The number of H-pyrrole nitrogens is 1. The van der Waals surface area contributed by atoms with Crippen LogP contribution < -0.4 is 5.56 Å². The van der Waals surface area contributed by atoms with Gasteiger partial charge in [0.15, 0.2) is 0 Å². The summed E-state index contributed by atoms with van der Waals surface area (Å²) < 4.78 is 7.19. The van der Waals surface area contributed by atoms with Gasteiger partial charge in [0.25, 0.3) is 5.56 Å². The number of pyridine rings is 1. The van der Waals surface area contributed by atoms with Crippen molar-refractivity contribution >= 4 is 11.0 Å². The average Bonchev–Trinajstić information content (AvgIpc) is 3.22. The maximum atomic E-state index is 12.2. The number of rotatable bonds is 4. The van der Waals surface area contributed by atoms with Gasteiger partial charge < -0.3 is 19.2 Å². The first-order valence-electron chi connectivity index (χ1n) is 12.3. The summed E-state index contributed by atoms with van der Waals surface area (Å²) in [6.07, 6.45) is 8.39. The van der Waals surface area contributed by atoms with Gasteiger partial charge >= 0.3 is 0 Å². The lowest BCUT2D eigenvalue weighted by Crippen LogP contribution is -2.43. The van der Waals surface area contributed by atoms with Crippen LogP contribution in [0.15, 0.2) is 23.3 Å². The Morgan fingerprint density at radius 1 is 1.15 bits per heavy atom. The lowest BCUT2D eigenvalue weighted by molar-refractivity contribution is 0.0248. The summed E-state index contributed by atoms with van der Waals surface area (Å²) in [6, 6.07) is 2.65. The van der Waals surface area contributed by atoms with Crippen LogP contribution in [0.4, 0.5) is 0 Å². The lowest BCUT2D eigenvalue weighted by Gasteiger charge is -2.38. The van der Waals surface area contributed by atoms with Crippen molar-refractivity contribution in [1.82, 2.24) is 24.4 Å². The molecule has 0 atom stereocenters. The minimum absolute atomic E-state index is 0.0372. The standard InChI is InChI=1S/C26H35N5O2/c1-16(2)22-23(19-13-17(3)26(32)30(4)15-19)28-21-14-27-25(29-24(21)22)18-5-9-31(10-6-18)20-7-11-33-12-8-20/h13-16,18,20,28H,5-12H2,1-4H3. The fourth-order valence-corrected chi connectivity index (χ4v) is 5.59. The Balaban J connectivity index is 1.45. The molecule has 3 aromatic rings. The molecule has 2 aliphatic heterocycles. The van der Waals surface area contributed by atoms with Crippen LogP contribution in [0.1, 0.15) is 68.3 Å². The highest BCUT2D eigenvalue weighted by Crippen LogP contribution is 2.36. The molecule has 0 radical (unpaired) electrons. The molecule has 7 nitrogen and oxygen atoms in total. The van der Waals surface area contributed by atoms with Crippen molar-refractivity contribution < 1.29 is 4.74 Å². The maximum absolute atomic E-state index is 12.2. The average molecular weight is 450 g/mol. The zero-order valence-corrected chi connectivity index (χ0v) is 20.2. The molecule has 0 bridgehead atoms. The summed E-state index contributed by atoms with van der Waals surface area (Å²) in [7, 11) is 1.81. The lowest BCUT2D eigenvalue weighted by atomic mass is 9.93. The van der Waals surface area contributed by atoms with Crippen LogP contribution >= 0.6 is 0 Å². The second kappa shape index (κ2) is 9.03. The monoisotopic (exact) mass is 449 g/mol. The summed E-state index contributed by atoms with van der Waals surface area (Å²) in [4.78, 5) is 28.3. The molecule has 1 N–H and O–H groups in total. The van der Waals surface area contributed by atoms with E-state index in [1.807, 2.05) is 25.4 Å². The molecule has 2 saturated heterocycles. The summed E-state index contributed by atoms with van der Waals surface area (Å²) in [6.45, 7) is 10.3. The molecule has 0 spiro atoms. The number of hydrogen-bond acceptors (Lipinski definition) is 5. The van der Waals surface area contributed by atoms with Crippen LogP contribution in [0, 0.1) is 6.92 Å². The SMILES string of the molecule is Cc1cc(-c2[nH]c3cnc(C4CCN(C5CCOCC5)CC4)nc3c2C(C)C)cn(C)c1=O. The van der Waals surface area contributed by atoms with E-state index >= 15 is 0 Å². The number of hydrogen-bond donors (Lipinski definition) is 1. The van der Waals surface area contributed by atoms with Crippen LogP contribution in [0.25, 0.3) is 22.3 Å². The van der Waals surface area contributed by atoms with Crippen LogP contribution in [0.2, 0.25) is 0 Å². The Morgan fingerprint density at radius 3 is 2.55 bits per heavy atom. The van der Waals surface area contributed by atoms with Crippen molar-refractivity contribution in [2.45, 2.75) is 64.3 Å². The topological polar surface area (TPSA) is 76.0 Å². The van der Waals surface area contributed by atoms with E-state index in [1.54, 1.807) is 11.6 Å². The number of piperidine rings is 1. The Labute approximate surface area is 195 Å². The van der Waals surface area contributed by atoms with Gasteiger partial charge in [-0.1, -0.05) is 13.8 Å². The number of aromatic nitrogens is 4. The van der Waals surface area contributed by atoms with E-state index in [4.69, 9.17) is 14.7 Å². The summed E-state index contributed by atoms with van der Waals surface area (Å²) in [5, 5.41) is 0. The quantitative estimate of drug-likeness (QED) is 0.649. The number of ether oxygens (including phenoxy) is 1. The van der Waals surface area contributed by atoms with Crippen LogP contribution in [0.5, 0.6) is 0 Å². The van der Waals surface area contributed by atoms with E-state index in [9.17, 15) is 4.79 Å². The van der Waals surface area contributed by atoms with Crippen molar-refractivity contribution in [3.8, 4) is 11.3 Å². The molecule has 2 aliphatic rings. The van der Waals surface area contributed by atoms with Crippen molar-refractivity contribution in [3.63, 3.8) is 0 Å². The predicted octanol–water partition coefficient (Wildman–Crippen LogP) is 4.11. The Bertz CT molecular complexity index is 1170. The second-order valence-corrected chi connectivity index (χ2v) is 10.0. The minimum atomic E-state index is 0.0372. The Kier molecular flexibility index (Phi) is 6.10.